The molecule has 1 aliphatic rings. The average molecular weight is 284 g/mol. The first-order valence-corrected chi connectivity index (χ1v) is 7.14. The van der Waals surface area contributed by atoms with Crippen LogP contribution in [0.2, 0.25) is 5.02 Å². The summed E-state index contributed by atoms with van der Waals surface area (Å²) in [6, 6.07) is 14.3. The normalized spacial score (nSPS) is 14.8. The predicted octanol–water partition coefficient (Wildman–Crippen LogP) is 4.27. The minimum Gasteiger partial charge on any atom is -0.399 e. The number of imidazole rings is 1. The molecule has 0 saturated heterocycles. The molecule has 0 aliphatic heterocycles. The lowest BCUT2D eigenvalue weighted by atomic mass is 10.2. The van der Waals surface area contributed by atoms with E-state index in [4.69, 9.17) is 22.3 Å². The Morgan fingerprint density at radius 1 is 1.10 bits per heavy atom. The highest BCUT2D eigenvalue weighted by Gasteiger charge is 2.29. The smallest absolute Gasteiger partial charge is 0.141 e. The molecule has 1 fully saturated rings. The molecule has 4 heteroatoms. The van der Waals surface area contributed by atoms with Gasteiger partial charge in [-0.1, -0.05) is 17.7 Å². The first kappa shape index (κ1) is 11.8. The van der Waals surface area contributed by atoms with Gasteiger partial charge in [0.25, 0.3) is 0 Å². The van der Waals surface area contributed by atoms with Crippen molar-refractivity contribution in [2.75, 3.05) is 5.73 Å². The van der Waals surface area contributed by atoms with Gasteiger partial charge in [-0.05, 0) is 49.2 Å². The number of nitrogens with two attached hydrogens (primary N) is 1. The van der Waals surface area contributed by atoms with Gasteiger partial charge in [0.2, 0.25) is 0 Å². The van der Waals surface area contributed by atoms with Crippen LogP contribution in [0.3, 0.4) is 0 Å². The van der Waals surface area contributed by atoms with Crippen LogP contribution in [0.25, 0.3) is 22.4 Å². The van der Waals surface area contributed by atoms with Gasteiger partial charge in [-0.15, -0.1) is 0 Å². The topological polar surface area (TPSA) is 43.8 Å². The first-order chi connectivity index (χ1) is 9.74. The van der Waals surface area contributed by atoms with Crippen molar-refractivity contribution >= 4 is 28.3 Å². The highest BCUT2D eigenvalue weighted by Crippen LogP contribution is 2.42. The summed E-state index contributed by atoms with van der Waals surface area (Å²) < 4.78 is 2.28. The molecule has 0 bridgehead atoms. The van der Waals surface area contributed by atoms with Crippen LogP contribution < -0.4 is 5.73 Å². The highest BCUT2D eigenvalue weighted by atomic mass is 35.5. The van der Waals surface area contributed by atoms with Crippen LogP contribution >= 0.6 is 11.6 Å². The van der Waals surface area contributed by atoms with Crippen LogP contribution in [-0.2, 0) is 0 Å². The van der Waals surface area contributed by atoms with Gasteiger partial charge in [-0.3, -0.25) is 0 Å². The molecule has 0 amide bonds. The average Bonchev–Trinajstić information content (AvgIpc) is 3.20. The summed E-state index contributed by atoms with van der Waals surface area (Å²) in [6.45, 7) is 0. The van der Waals surface area contributed by atoms with Gasteiger partial charge in [-0.25, -0.2) is 4.98 Å². The first-order valence-electron chi connectivity index (χ1n) is 6.76. The Hall–Kier alpha value is -2.00. The summed E-state index contributed by atoms with van der Waals surface area (Å²) in [6.07, 6.45) is 2.39. The maximum Gasteiger partial charge on any atom is 0.141 e. The number of para-hydroxylation sites is 1. The van der Waals surface area contributed by atoms with Crippen molar-refractivity contribution in [2.45, 2.75) is 18.9 Å². The highest BCUT2D eigenvalue weighted by molar-refractivity contribution is 6.35. The van der Waals surface area contributed by atoms with E-state index in [0.717, 1.165) is 33.1 Å². The van der Waals surface area contributed by atoms with Crippen LogP contribution in [0.15, 0.2) is 42.5 Å². The van der Waals surface area contributed by atoms with Crippen molar-refractivity contribution in [1.82, 2.24) is 9.55 Å². The standard InChI is InChI=1S/C16H14ClN3/c17-13-2-1-3-14-15(13)20(12-8-9-12)16(19-14)10-4-6-11(18)7-5-10/h1-7,12H,8-9,18H2. The molecule has 3 nitrogen and oxygen atoms in total. The van der Waals surface area contributed by atoms with E-state index in [9.17, 15) is 0 Å². The van der Waals surface area contributed by atoms with Gasteiger partial charge in [-0.2, -0.15) is 0 Å². The Labute approximate surface area is 122 Å². The number of hydrogen-bond donors (Lipinski definition) is 1. The van der Waals surface area contributed by atoms with Crippen LogP contribution in [0, 0.1) is 0 Å². The quantitative estimate of drug-likeness (QED) is 0.714. The van der Waals surface area contributed by atoms with Gasteiger partial charge < -0.3 is 10.3 Å². The van der Waals surface area contributed by atoms with Crippen molar-refractivity contribution in [3.05, 3.63) is 47.5 Å². The fourth-order valence-corrected chi connectivity index (χ4v) is 2.89. The Balaban J connectivity index is 2.01. The fourth-order valence-electron chi connectivity index (χ4n) is 2.63. The third-order valence-corrected chi connectivity index (χ3v) is 4.05. The van der Waals surface area contributed by atoms with E-state index < -0.39 is 0 Å². The molecule has 2 N–H and O–H groups in total. The third kappa shape index (κ3) is 1.78. The van der Waals surface area contributed by atoms with Crippen LogP contribution in [0.4, 0.5) is 5.69 Å². The van der Waals surface area contributed by atoms with E-state index in [1.54, 1.807) is 0 Å². The molecule has 1 aliphatic carbocycles. The third-order valence-electron chi connectivity index (χ3n) is 3.74. The molecule has 0 atom stereocenters. The van der Waals surface area contributed by atoms with Gasteiger partial charge in [0.05, 0.1) is 16.1 Å². The van der Waals surface area contributed by atoms with Crippen LogP contribution in [0.1, 0.15) is 18.9 Å². The Morgan fingerprint density at radius 3 is 2.55 bits per heavy atom. The number of fused-ring (bicyclic) bond motifs is 1. The maximum absolute atomic E-state index is 6.38. The number of benzene rings is 2. The summed E-state index contributed by atoms with van der Waals surface area (Å²) in [5, 5.41) is 0.767. The van der Waals surface area contributed by atoms with Crippen molar-refractivity contribution in [3.8, 4) is 11.4 Å². The monoisotopic (exact) mass is 283 g/mol. The second kappa shape index (κ2) is 4.25. The zero-order valence-corrected chi connectivity index (χ0v) is 11.6. The Morgan fingerprint density at radius 2 is 1.85 bits per heavy atom. The lowest BCUT2D eigenvalue weighted by molar-refractivity contribution is 0.775. The lowest BCUT2D eigenvalue weighted by Gasteiger charge is -2.08. The Bertz CT molecular complexity index is 785. The zero-order chi connectivity index (χ0) is 13.7. The molecule has 3 aromatic rings. The van der Waals surface area contributed by atoms with E-state index in [2.05, 4.69) is 4.57 Å². The lowest BCUT2D eigenvalue weighted by Crippen LogP contribution is -1.98. The molecule has 2 aromatic carbocycles. The van der Waals surface area contributed by atoms with E-state index in [1.807, 2.05) is 42.5 Å². The second-order valence-electron chi connectivity index (χ2n) is 5.27. The molecule has 1 heterocycles. The number of nitrogen functional groups attached to an aromatic ring is 1. The minimum atomic E-state index is 0.521. The minimum absolute atomic E-state index is 0.521. The summed E-state index contributed by atoms with van der Waals surface area (Å²) >= 11 is 6.38. The molecule has 0 spiro atoms. The van der Waals surface area contributed by atoms with E-state index >= 15 is 0 Å². The van der Waals surface area contributed by atoms with Crippen molar-refractivity contribution in [2.24, 2.45) is 0 Å². The molecular weight excluding hydrogens is 270 g/mol. The molecule has 0 unspecified atom stereocenters. The summed E-state index contributed by atoms with van der Waals surface area (Å²) in [5.41, 5.74) is 9.61. The molecule has 20 heavy (non-hydrogen) atoms. The molecule has 1 saturated carbocycles. The second-order valence-corrected chi connectivity index (χ2v) is 5.67. The van der Waals surface area contributed by atoms with Crippen molar-refractivity contribution in [3.63, 3.8) is 0 Å². The number of halogens is 1. The van der Waals surface area contributed by atoms with Crippen molar-refractivity contribution in [1.29, 1.82) is 0 Å². The number of aromatic nitrogens is 2. The van der Waals surface area contributed by atoms with E-state index in [1.165, 1.54) is 12.8 Å². The molecule has 100 valence electrons. The zero-order valence-electron chi connectivity index (χ0n) is 10.9. The summed E-state index contributed by atoms with van der Waals surface area (Å²) in [4.78, 5) is 4.77. The largest absolute Gasteiger partial charge is 0.399 e. The number of nitrogens with zero attached hydrogens (tertiary/aromatic N) is 2. The SMILES string of the molecule is Nc1ccc(-c2nc3cccc(Cl)c3n2C2CC2)cc1. The number of anilines is 1. The number of rotatable bonds is 2. The number of hydrogen-bond acceptors (Lipinski definition) is 2. The van der Waals surface area contributed by atoms with Gasteiger partial charge in [0.1, 0.15) is 5.82 Å². The molecule has 4 rings (SSSR count). The molecule has 0 radical (unpaired) electrons. The van der Waals surface area contributed by atoms with Crippen LogP contribution in [-0.4, -0.2) is 9.55 Å². The van der Waals surface area contributed by atoms with E-state index in [-0.39, 0.29) is 0 Å². The van der Waals surface area contributed by atoms with Gasteiger partial charge >= 0.3 is 0 Å². The van der Waals surface area contributed by atoms with Crippen molar-refractivity contribution < 1.29 is 0 Å². The van der Waals surface area contributed by atoms with E-state index in [0.29, 0.717) is 6.04 Å². The van der Waals surface area contributed by atoms with Gasteiger partial charge in [0, 0.05) is 17.3 Å². The maximum atomic E-state index is 6.38. The van der Waals surface area contributed by atoms with Gasteiger partial charge in [0.15, 0.2) is 0 Å². The molecule has 1 aromatic heterocycles. The van der Waals surface area contributed by atoms with Crippen LogP contribution in [0.5, 0.6) is 0 Å². The summed E-state index contributed by atoms with van der Waals surface area (Å²) in [5.74, 6) is 0.982. The molecular formula is C16H14ClN3. The predicted molar refractivity (Wildman–Crippen MR) is 82.9 cm³/mol. The summed E-state index contributed by atoms with van der Waals surface area (Å²) in [7, 11) is 0. The Kier molecular flexibility index (Phi) is 2.51. The fraction of sp³-hybridized carbons (Fsp3) is 0.188.